The van der Waals surface area contributed by atoms with E-state index in [9.17, 15) is 17.2 Å². The maximum atomic E-state index is 12.7. The van der Waals surface area contributed by atoms with Crippen LogP contribution in [0.3, 0.4) is 0 Å². The molecule has 6 heteroatoms. The van der Waals surface area contributed by atoms with E-state index in [0.717, 1.165) is 12.1 Å². The maximum Gasteiger partial charge on any atom is 0.306 e. The first-order valence-electron chi connectivity index (χ1n) is 3.15. The van der Waals surface area contributed by atoms with Crippen LogP contribution in [0, 0.1) is 17.7 Å². The SMILES string of the molecule is CS(=O)(=O)Oc1c(F)c[c]cc1F. The van der Waals surface area contributed by atoms with Crippen molar-refractivity contribution in [2.24, 2.45) is 0 Å². The Morgan fingerprint density at radius 2 is 1.77 bits per heavy atom. The number of rotatable bonds is 2. The maximum absolute atomic E-state index is 12.7. The van der Waals surface area contributed by atoms with Gasteiger partial charge in [0.15, 0.2) is 11.6 Å². The topological polar surface area (TPSA) is 43.4 Å². The molecule has 1 aromatic rings. The average Bonchev–Trinajstić information content (AvgIpc) is 1.95. The van der Waals surface area contributed by atoms with E-state index in [0.29, 0.717) is 6.26 Å². The third-order valence-electron chi connectivity index (χ3n) is 1.09. The molecule has 0 aliphatic rings. The predicted octanol–water partition coefficient (Wildman–Crippen LogP) is 1.10. The summed E-state index contributed by atoms with van der Waals surface area (Å²) in [5.74, 6) is -3.14. The lowest BCUT2D eigenvalue weighted by Gasteiger charge is -2.03. The molecule has 0 saturated heterocycles. The zero-order valence-electron chi connectivity index (χ0n) is 6.54. The highest BCUT2D eigenvalue weighted by atomic mass is 32.2. The Morgan fingerprint density at radius 3 is 2.15 bits per heavy atom. The Balaban J connectivity index is 3.15. The fourth-order valence-corrected chi connectivity index (χ4v) is 1.13. The Labute approximate surface area is 74.1 Å². The van der Waals surface area contributed by atoms with Crippen molar-refractivity contribution < 1.29 is 21.4 Å². The summed E-state index contributed by atoms with van der Waals surface area (Å²) in [5.41, 5.74) is 0. The van der Waals surface area contributed by atoms with E-state index in [4.69, 9.17) is 0 Å². The van der Waals surface area contributed by atoms with Gasteiger partial charge < -0.3 is 4.18 Å². The molecule has 0 N–H and O–H groups in total. The van der Waals surface area contributed by atoms with Crippen LogP contribution in [0.2, 0.25) is 0 Å². The molecule has 1 aromatic carbocycles. The monoisotopic (exact) mass is 207 g/mol. The first-order valence-corrected chi connectivity index (χ1v) is 4.96. The minimum atomic E-state index is -3.92. The van der Waals surface area contributed by atoms with Crippen LogP contribution in [0.1, 0.15) is 0 Å². The molecule has 0 fully saturated rings. The lowest BCUT2D eigenvalue weighted by molar-refractivity contribution is 0.438. The third kappa shape index (κ3) is 2.66. The largest absolute Gasteiger partial charge is 0.376 e. The molecule has 1 radical (unpaired) electrons. The zero-order chi connectivity index (χ0) is 10.1. The van der Waals surface area contributed by atoms with Gasteiger partial charge >= 0.3 is 10.1 Å². The average molecular weight is 207 g/mol. The van der Waals surface area contributed by atoms with Gasteiger partial charge in [0.05, 0.1) is 6.26 Å². The van der Waals surface area contributed by atoms with Crippen LogP contribution in [0.5, 0.6) is 5.75 Å². The molecule has 0 spiro atoms. The minimum absolute atomic E-state index is 0.697. The Kier molecular flexibility index (Phi) is 2.51. The van der Waals surface area contributed by atoms with Gasteiger partial charge in [0.1, 0.15) is 0 Å². The van der Waals surface area contributed by atoms with Crippen molar-refractivity contribution in [3.05, 3.63) is 29.8 Å². The molecule has 13 heavy (non-hydrogen) atoms. The van der Waals surface area contributed by atoms with E-state index in [1.165, 1.54) is 0 Å². The summed E-state index contributed by atoms with van der Waals surface area (Å²) in [7, 11) is -3.92. The van der Waals surface area contributed by atoms with Gasteiger partial charge in [-0.1, -0.05) is 0 Å². The molecule has 0 unspecified atom stereocenters. The number of benzene rings is 1. The first kappa shape index (κ1) is 9.91. The van der Waals surface area contributed by atoms with Crippen LogP contribution in [0.15, 0.2) is 12.1 Å². The second-order valence-electron chi connectivity index (χ2n) is 2.27. The van der Waals surface area contributed by atoms with Gasteiger partial charge in [-0.15, -0.1) is 0 Å². The quantitative estimate of drug-likeness (QED) is 0.682. The molecule has 0 atom stereocenters. The van der Waals surface area contributed by atoms with Crippen LogP contribution >= 0.6 is 0 Å². The van der Waals surface area contributed by atoms with E-state index < -0.39 is 27.5 Å². The first-order chi connectivity index (χ1) is 5.90. The van der Waals surface area contributed by atoms with Crippen LogP contribution in [0.4, 0.5) is 8.78 Å². The Bertz CT molecular complexity index is 393. The van der Waals surface area contributed by atoms with E-state index in [1.807, 2.05) is 0 Å². The smallest absolute Gasteiger partial charge is 0.306 e. The van der Waals surface area contributed by atoms with Crippen molar-refractivity contribution in [3.63, 3.8) is 0 Å². The molecule has 0 amide bonds. The van der Waals surface area contributed by atoms with E-state index in [2.05, 4.69) is 10.2 Å². The van der Waals surface area contributed by atoms with Crippen molar-refractivity contribution in [1.29, 1.82) is 0 Å². The summed E-state index contributed by atoms with van der Waals surface area (Å²) >= 11 is 0. The van der Waals surface area contributed by atoms with E-state index in [-0.39, 0.29) is 0 Å². The van der Waals surface area contributed by atoms with Crippen LogP contribution in [-0.2, 0) is 10.1 Å². The van der Waals surface area contributed by atoms with Crippen molar-refractivity contribution >= 4 is 10.1 Å². The highest BCUT2D eigenvalue weighted by molar-refractivity contribution is 7.86. The van der Waals surface area contributed by atoms with Crippen molar-refractivity contribution in [3.8, 4) is 5.75 Å². The highest BCUT2D eigenvalue weighted by Gasteiger charge is 2.14. The van der Waals surface area contributed by atoms with Gasteiger partial charge in [0.2, 0.25) is 5.75 Å². The molecule has 3 nitrogen and oxygen atoms in total. The summed E-state index contributed by atoms with van der Waals surface area (Å²) in [6.07, 6.45) is 0.697. The second-order valence-corrected chi connectivity index (χ2v) is 3.84. The van der Waals surface area contributed by atoms with Crippen molar-refractivity contribution in [1.82, 2.24) is 0 Å². The zero-order valence-corrected chi connectivity index (χ0v) is 7.36. The lowest BCUT2D eigenvalue weighted by atomic mass is 10.3. The molecule has 1 rings (SSSR count). The van der Waals surface area contributed by atoms with E-state index in [1.54, 1.807) is 0 Å². The Morgan fingerprint density at radius 1 is 1.31 bits per heavy atom. The van der Waals surface area contributed by atoms with Gasteiger partial charge in [0.25, 0.3) is 0 Å². The van der Waals surface area contributed by atoms with Gasteiger partial charge in [-0.3, -0.25) is 0 Å². The van der Waals surface area contributed by atoms with Crippen LogP contribution < -0.4 is 4.18 Å². The van der Waals surface area contributed by atoms with E-state index >= 15 is 0 Å². The summed E-state index contributed by atoms with van der Waals surface area (Å²) in [6, 6.07) is 3.69. The van der Waals surface area contributed by atoms with Gasteiger partial charge in [-0.2, -0.15) is 8.42 Å². The fraction of sp³-hybridized carbons (Fsp3) is 0.143. The van der Waals surface area contributed by atoms with Crippen LogP contribution in [0.25, 0.3) is 0 Å². The molecule has 0 aliphatic carbocycles. The molecular weight excluding hydrogens is 202 g/mol. The van der Waals surface area contributed by atoms with Gasteiger partial charge in [0, 0.05) is 0 Å². The molecule has 0 aromatic heterocycles. The molecule has 0 aliphatic heterocycles. The standard InChI is InChI=1S/C7H5F2O3S/c1-13(10,11)12-7-5(8)3-2-4-6(7)9/h3-4H,1H3. The summed E-state index contributed by atoms with van der Waals surface area (Å²) in [6.45, 7) is 0. The molecule has 0 heterocycles. The summed E-state index contributed by atoms with van der Waals surface area (Å²) in [4.78, 5) is 0. The second kappa shape index (κ2) is 3.29. The van der Waals surface area contributed by atoms with Gasteiger partial charge in [-0.25, -0.2) is 8.78 Å². The lowest BCUT2D eigenvalue weighted by Crippen LogP contribution is -2.08. The van der Waals surface area contributed by atoms with Crippen molar-refractivity contribution in [2.75, 3.05) is 6.26 Å². The molecule has 0 bridgehead atoms. The minimum Gasteiger partial charge on any atom is -0.376 e. The summed E-state index contributed by atoms with van der Waals surface area (Å²) < 4.78 is 50.6. The van der Waals surface area contributed by atoms with Crippen molar-refractivity contribution in [2.45, 2.75) is 0 Å². The molecule has 71 valence electrons. The highest BCUT2D eigenvalue weighted by Crippen LogP contribution is 2.21. The predicted molar refractivity (Wildman–Crippen MR) is 40.7 cm³/mol. The van der Waals surface area contributed by atoms with Gasteiger partial charge in [-0.05, 0) is 18.2 Å². The number of hydrogen-bond donors (Lipinski definition) is 0. The number of hydrogen-bond acceptors (Lipinski definition) is 3. The Hall–Kier alpha value is -1.17. The summed E-state index contributed by atoms with van der Waals surface area (Å²) in [5, 5.41) is 0. The normalized spacial score (nSPS) is 11.3. The molecule has 0 saturated carbocycles. The number of halogens is 2. The van der Waals surface area contributed by atoms with Crippen LogP contribution in [-0.4, -0.2) is 14.7 Å². The third-order valence-corrected chi connectivity index (χ3v) is 1.56. The molecular formula is C7H5F2O3S. The fourth-order valence-electron chi connectivity index (χ4n) is 0.664.